The van der Waals surface area contributed by atoms with Gasteiger partial charge in [0.05, 0.1) is 6.61 Å². The van der Waals surface area contributed by atoms with Gasteiger partial charge in [0.15, 0.2) is 0 Å². The lowest BCUT2D eigenvalue weighted by Gasteiger charge is -2.05. The number of alkyl halides is 2. The molecule has 17 heavy (non-hydrogen) atoms. The van der Waals surface area contributed by atoms with Crippen LogP contribution in [0.15, 0.2) is 6.20 Å². The quantitative estimate of drug-likeness (QED) is 0.688. The van der Waals surface area contributed by atoms with Crippen LogP contribution in [-0.4, -0.2) is 35.6 Å². The first-order valence-electron chi connectivity index (χ1n) is 5.70. The average molecular weight is 247 g/mol. The van der Waals surface area contributed by atoms with Crippen LogP contribution in [0.3, 0.4) is 0 Å². The Balaban J connectivity index is 2.21. The molecule has 0 aliphatic heterocycles. The highest BCUT2D eigenvalue weighted by Gasteiger charge is 2.04. The molecule has 0 radical (unpaired) electrons. The molecule has 0 bridgehead atoms. The van der Waals surface area contributed by atoms with Crippen LogP contribution in [0, 0.1) is 0 Å². The fourth-order valence-corrected chi connectivity index (χ4v) is 1.28. The van der Waals surface area contributed by atoms with Crippen molar-refractivity contribution < 1.29 is 13.5 Å². The molecule has 0 aliphatic carbocycles. The lowest BCUT2D eigenvalue weighted by Crippen LogP contribution is -2.21. The molecule has 6 heteroatoms. The van der Waals surface area contributed by atoms with E-state index in [4.69, 9.17) is 4.74 Å². The van der Waals surface area contributed by atoms with Crippen LogP contribution >= 0.6 is 0 Å². The molecule has 1 aromatic heterocycles. The zero-order valence-corrected chi connectivity index (χ0v) is 10.2. The molecule has 0 saturated carbocycles. The van der Waals surface area contributed by atoms with Crippen molar-refractivity contribution in [1.82, 2.24) is 15.3 Å². The van der Waals surface area contributed by atoms with E-state index in [-0.39, 0.29) is 6.61 Å². The number of hydrogen-bond acceptors (Lipinski definition) is 3. The standard InChI is InChI=1S/C11H19F2N3O/c1-8(2)14-5-9-6-15-11(16-9)3-4-17-7-10(12)13/h6,8,10,14H,3-5,7H2,1-2H3,(H,15,16). The molecule has 0 atom stereocenters. The maximum Gasteiger partial charge on any atom is 0.261 e. The second-order valence-electron chi connectivity index (χ2n) is 4.11. The van der Waals surface area contributed by atoms with Crippen LogP contribution in [0.4, 0.5) is 8.78 Å². The zero-order valence-electron chi connectivity index (χ0n) is 10.2. The van der Waals surface area contributed by atoms with Crippen molar-refractivity contribution in [1.29, 1.82) is 0 Å². The summed E-state index contributed by atoms with van der Waals surface area (Å²) in [5, 5.41) is 3.26. The van der Waals surface area contributed by atoms with E-state index >= 15 is 0 Å². The van der Waals surface area contributed by atoms with Crippen LogP contribution < -0.4 is 5.32 Å². The van der Waals surface area contributed by atoms with Gasteiger partial charge in [-0.25, -0.2) is 13.8 Å². The van der Waals surface area contributed by atoms with Gasteiger partial charge in [0.2, 0.25) is 0 Å². The van der Waals surface area contributed by atoms with Crippen molar-refractivity contribution in [3.8, 4) is 0 Å². The van der Waals surface area contributed by atoms with Crippen molar-refractivity contribution in [2.24, 2.45) is 0 Å². The lowest BCUT2D eigenvalue weighted by molar-refractivity contribution is 0.0183. The smallest absolute Gasteiger partial charge is 0.261 e. The lowest BCUT2D eigenvalue weighted by atomic mass is 10.3. The monoisotopic (exact) mass is 247 g/mol. The summed E-state index contributed by atoms with van der Waals surface area (Å²) in [6.45, 7) is 4.60. The largest absolute Gasteiger partial charge is 0.375 e. The predicted octanol–water partition coefficient (Wildman–Crippen LogP) is 1.73. The summed E-state index contributed by atoms with van der Waals surface area (Å²) in [5.41, 5.74) is 0.988. The first-order valence-corrected chi connectivity index (χ1v) is 5.70. The first-order chi connectivity index (χ1) is 8.08. The third-order valence-electron chi connectivity index (χ3n) is 2.11. The van der Waals surface area contributed by atoms with Gasteiger partial charge in [-0.15, -0.1) is 0 Å². The van der Waals surface area contributed by atoms with E-state index in [9.17, 15) is 8.78 Å². The molecular weight excluding hydrogens is 228 g/mol. The first kappa shape index (κ1) is 14.1. The number of aromatic amines is 1. The number of ether oxygens (including phenoxy) is 1. The number of nitrogens with one attached hydrogen (secondary N) is 2. The molecular formula is C11H19F2N3O. The topological polar surface area (TPSA) is 49.9 Å². The number of nitrogens with zero attached hydrogens (tertiary/aromatic N) is 1. The molecule has 1 rings (SSSR count). The molecule has 1 heterocycles. The van der Waals surface area contributed by atoms with Crippen molar-refractivity contribution in [2.45, 2.75) is 39.3 Å². The number of aromatic nitrogens is 2. The van der Waals surface area contributed by atoms with Crippen LogP contribution in [-0.2, 0) is 17.7 Å². The molecule has 2 N–H and O–H groups in total. The van der Waals surface area contributed by atoms with Gasteiger partial charge in [0.1, 0.15) is 12.4 Å². The minimum Gasteiger partial charge on any atom is -0.375 e. The van der Waals surface area contributed by atoms with E-state index in [1.165, 1.54) is 0 Å². The molecule has 0 spiro atoms. The zero-order chi connectivity index (χ0) is 12.7. The molecule has 0 aromatic carbocycles. The highest BCUT2D eigenvalue weighted by molar-refractivity contribution is 5.01. The van der Waals surface area contributed by atoms with Crippen LogP contribution in [0.5, 0.6) is 0 Å². The Kier molecular flexibility index (Phi) is 6.07. The predicted molar refractivity (Wildman–Crippen MR) is 61.1 cm³/mol. The van der Waals surface area contributed by atoms with E-state index < -0.39 is 13.0 Å². The summed E-state index contributed by atoms with van der Waals surface area (Å²) in [6, 6.07) is 0.413. The van der Waals surface area contributed by atoms with Gasteiger partial charge in [-0.2, -0.15) is 0 Å². The highest BCUT2D eigenvalue weighted by Crippen LogP contribution is 2.00. The van der Waals surface area contributed by atoms with Crippen molar-refractivity contribution >= 4 is 0 Å². The fourth-order valence-electron chi connectivity index (χ4n) is 1.28. The van der Waals surface area contributed by atoms with Gasteiger partial charge < -0.3 is 15.0 Å². The fraction of sp³-hybridized carbons (Fsp3) is 0.727. The van der Waals surface area contributed by atoms with E-state index in [1.807, 2.05) is 0 Å². The molecule has 4 nitrogen and oxygen atoms in total. The van der Waals surface area contributed by atoms with Crippen LogP contribution in [0.25, 0.3) is 0 Å². The van der Waals surface area contributed by atoms with E-state index in [2.05, 4.69) is 29.1 Å². The highest BCUT2D eigenvalue weighted by atomic mass is 19.3. The normalized spacial score (nSPS) is 11.6. The summed E-state index contributed by atoms with van der Waals surface area (Å²) >= 11 is 0. The maximum absolute atomic E-state index is 11.8. The van der Waals surface area contributed by atoms with Gasteiger partial charge in [0, 0.05) is 30.9 Å². The Hall–Kier alpha value is -1.01. The number of rotatable bonds is 8. The van der Waals surface area contributed by atoms with Crippen molar-refractivity contribution in [3.05, 3.63) is 17.7 Å². The summed E-state index contributed by atoms with van der Waals surface area (Å²) in [7, 11) is 0. The third kappa shape index (κ3) is 6.33. The van der Waals surface area contributed by atoms with Crippen molar-refractivity contribution in [2.75, 3.05) is 13.2 Å². The molecule has 0 aliphatic rings. The summed E-state index contributed by atoms with van der Waals surface area (Å²) in [4.78, 5) is 7.26. The number of imidazole rings is 1. The Bertz CT molecular complexity index is 315. The summed E-state index contributed by atoms with van der Waals surface area (Å²) in [5.74, 6) is 0.764. The minimum atomic E-state index is -2.41. The SMILES string of the molecule is CC(C)NCc1cnc(CCOCC(F)F)[nH]1. The van der Waals surface area contributed by atoms with Gasteiger partial charge in [-0.3, -0.25) is 0 Å². The number of H-pyrrole nitrogens is 1. The maximum atomic E-state index is 11.8. The van der Waals surface area contributed by atoms with Crippen molar-refractivity contribution in [3.63, 3.8) is 0 Å². The second kappa shape index (κ2) is 7.34. The Morgan fingerprint density at radius 1 is 1.47 bits per heavy atom. The van der Waals surface area contributed by atoms with Crippen LogP contribution in [0.1, 0.15) is 25.4 Å². The van der Waals surface area contributed by atoms with Gasteiger partial charge in [-0.1, -0.05) is 13.8 Å². The Labute approximate surface area is 99.8 Å². The number of halogens is 2. The average Bonchev–Trinajstić information content (AvgIpc) is 2.69. The Morgan fingerprint density at radius 2 is 2.24 bits per heavy atom. The minimum absolute atomic E-state index is 0.259. The van der Waals surface area contributed by atoms with Gasteiger partial charge in [-0.05, 0) is 0 Å². The van der Waals surface area contributed by atoms with Gasteiger partial charge >= 0.3 is 0 Å². The molecule has 98 valence electrons. The van der Waals surface area contributed by atoms with E-state index in [0.29, 0.717) is 12.5 Å². The van der Waals surface area contributed by atoms with E-state index in [0.717, 1.165) is 18.1 Å². The molecule has 0 amide bonds. The summed E-state index contributed by atoms with van der Waals surface area (Å²) in [6.07, 6.45) is -0.135. The van der Waals surface area contributed by atoms with Crippen LogP contribution in [0.2, 0.25) is 0 Å². The van der Waals surface area contributed by atoms with Gasteiger partial charge in [0.25, 0.3) is 6.43 Å². The third-order valence-corrected chi connectivity index (χ3v) is 2.11. The molecule has 0 unspecified atom stereocenters. The molecule has 0 fully saturated rings. The molecule has 0 saturated heterocycles. The summed E-state index contributed by atoms with van der Waals surface area (Å²) < 4.78 is 28.3. The Morgan fingerprint density at radius 3 is 2.88 bits per heavy atom. The number of hydrogen-bond donors (Lipinski definition) is 2. The molecule has 1 aromatic rings. The van der Waals surface area contributed by atoms with E-state index in [1.54, 1.807) is 6.20 Å². The second-order valence-corrected chi connectivity index (χ2v) is 4.11.